The highest BCUT2D eigenvalue weighted by atomic mass is 35.5. The number of carbonyl (C=O) groups is 1. The molecule has 3 aromatic rings. The first-order chi connectivity index (χ1) is 12.6. The molecule has 0 radical (unpaired) electrons. The smallest absolute Gasteiger partial charge is 0.227 e. The molecule has 1 aliphatic rings. The second kappa shape index (κ2) is 7.04. The zero-order chi connectivity index (χ0) is 18.1. The summed E-state index contributed by atoms with van der Waals surface area (Å²) in [5.41, 5.74) is 3.39. The van der Waals surface area contributed by atoms with Gasteiger partial charge in [-0.2, -0.15) is 0 Å². The van der Waals surface area contributed by atoms with Gasteiger partial charge in [0.2, 0.25) is 5.91 Å². The van der Waals surface area contributed by atoms with Crippen LogP contribution < -0.4 is 4.90 Å². The Morgan fingerprint density at radius 3 is 2.58 bits per heavy atom. The van der Waals surface area contributed by atoms with E-state index in [1.807, 2.05) is 42.3 Å². The lowest BCUT2D eigenvalue weighted by molar-refractivity contribution is -0.130. The third-order valence-corrected chi connectivity index (χ3v) is 5.36. The van der Waals surface area contributed by atoms with E-state index in [4.69, 9.17) is 11.6 Å². The van der Waals surface area contributed by atoms with Crippen LogP contribution in [0, 0.1) is 0 Å². The highest BCUT2D eigenvalue weighted by Crippen LogP contribution is 2.23. The topological polar surface area (TPSA) is 28.5 Å². The second-order valence-electron chi connectivity index (χ2n) is 6.81. The molecule has 1 aromatic heterocycles. The molecule has 0 bridgehead atoms. The van der Waals surface area contributed by atoms with E-state index in [1.165, 1.54) is 10.9 Å². The van der Waals surface area contributed by atoms with Crippen LogP contribution in [0.25, 0.3) is 10.9 Å². The molecule has 0 unspecified atom stereocenters. The molecule has 4 rings (SSSR count). The van der Waals surface area contributed by atoms with Gasteiger partial charge in [0.05, 0.1) is 6.42 Å². The molecule has 1 amide bonds. The van der Waals surface area contributed by atoms with Crippen LogP contribution in [0.2, 0.25) is 5.02 Å². The third kappa shape index (κ3) is 3.29. The summed E-state index contributed by atoms with van der Waals surface area (Å²) < 4.78 is 2.09. The maximum Gasteiger partial charge on any atom is 0.227 e. The number of carbonyl (C=O) groups excluding carboxylic acids is 1. The van der Waals surface area contributed by atoms with E-state index in [0.717, 1.165) is 42.5 Å². The number of fused-ring (bicyclic) bond motifs is 1. The maximum absolute atomic E-state index is 12.8. The third-order valence-electron chi connectivity index (χ3n) is 5.13. The van der Waals surface area contributed by atoms with Gasteiger partial charge in [0.15, 0.2) is 0 Å². The van der Waals surface area contributed by atoms with Gasteiger partial charge in [0.25, 0.3) is 0 Å². The van der Waals surface area contributed by atoms with Gasteiger partial charge >= 0.3 is 0 Å². The first-order valence-electron chi connectivity index (χ1n) is 8.93. The first kappa shape index (κ1) is 17.0. The molecular formula is C21H22ClN3O. The van der Waals surface area contributed by atoms with Gasteiger partial charge in [-0.05, 0) is 29.8 Å². The lowest BCUT2D eigenvalue weighted by Crippen LogP contribution is -2.49. The van der Waals surface area contributed by atoms with Crippen LogP contribution in [0.15, 0.2) is 54.7 Å². The Hall–Kier alpha value is -2.46. The minimum atomic E-state index is 0.201. The van der Waals surface area contributed by atoms with E-state index in [0.29, 0.717) is 6.42 Å². The van der Waals surface area contributed by atoms with E-state index in [2.05, 4.69) is 33.9 Å². The van der Waals surface area contributed by atoms with Crippen LogP contribution in [0.5, 0.6) is 0 Å². The van der Waals surface area contributed by atoms with E-state index in [9.17, 15) is 4.79 Å². The normalized spacial score (nSPS) is 14.8. The molecule has 1 fully saturated rings. The van der Waals surface area contributed by atoms with Gasteiger partial charge < -0.3 is 14.4 Å². The number of anilines is 1. The molecule has 5 heteroatoms. The molecule has 0 spiro atoms. The average molecular weight is 368 g/mol. The number of aromatic nitrogens is 1. The SMILES string of the molecule is Cn1cc(CC(=O)N2CCN(c3cccc(Cl)c3)CC2)c2ccccc21. The Kier molecular flexibility index (Phi) is 4.60. The van der Waals surface area contributed by atoms with Crippen LogP contribution in [-0.2, 0) is 18.3 Å². The number of rotatable bonds is 3. The van der Waals surface area contributed by atoms with Gasteiger partial charge in [-0.15, -0.1) is 0 Å². The van der Waals surface area contributed by atoms with Crippen molar-refractivity contribution in [1.82, 2.24) is 9.47 Å². The van der Waals surface area contributed by atoms with Crippen molar-refractivity contribution in [2.75, 3.05) is 31.1 Å². The first-order valence-corrected chi connectivity index (χ1v) is 9.31. The molecule has 0 N–H and O–H groups in total. The largest absolute Gasteiger partial charge is 0.368 e. The summed E-state index contributed by atoms with van der Waals surface area (Å²) in [6, 6.07) is 16.1. The maximum atomic E-state index is 12.8. The minimum Gasteiger partial charge on any atom is -0.368 e. The number of benzene rings is 2. The lowest BCUT2D eigenvalue weighted by Gasteiger charge is -2.36. The molecule has 4 nitrogen and oxygen atoms in total. The number of aryl methyl sites for hydroxylation is 1. The number of hydrogen-bond acceptors (Lipinski definition) is 2. The number of hydrogen-bond donors (Lipinski definition) is 0. The van der Waals surface area contributed by atoms with E-state index in [-0.39, 0.29) is 5.91 Å². The lowest BCUT2D eigenvalue weighted by atomic mass is 10.1. The minimum absolute atomic E-state index is 0.201. The van der Waals surface area contributed by atoms with Gasteiger partial charge in [0.1, 0.15) is 0 Å². The van der Waals surface area contributed by atoms with Crippen molar-refractivity contribution >= 4 is 34.1 Å². The summed E-state index contributed by atoms with van der Waals surface area (Å²) >= 11 is 6.09. The standard InChI is InChI=1S/C21H22ClN3O/c1-23-15-16(19-7-2-3-8-20(19)23)13-21(26)25-11-9-24(10-12-25)18-6-4-5-17(22)14-18/h2-8,14-15H,9-13H2,1H3. The number of nitrogens with zero attached hydrogens (tertiary/aromatic N) is 3. The summed E-state index contributed by atoms with van der Waals surface area (Å²) in [6.45, 7) is 3.16. The van der Waals surface area contributed by atoms with E-state index >= 15 is 0 Å². The Balaban J connectivity index is 1.42. The Labute approximate surface area is 158 Å². The van der Waals surface area contributed by atoms with Gasteiger partial charge in [-0.3, -0.25) is 4.79 Å². The summed E-state index contributed by atoms with van der Waals surface area (Å²) in [5, 5.41) is 1.91. The van der Waals surface area contributed by atoms with Crippen LogP contribution in [0.3, 0.4) is 0 Å². The van der Waals surface area contributed by atoms with E-state index in [1.54, 1.807) is 0 Å². The predicted molar refractivity (Wildman–Crippen MR) is 107 cm³/mol. The summed E-state index contributed by atoms with van der Waals surface area (Å²) in [5.74, 6) is 0.201. The summed E-state index contributed by atoms with van der Waals surface area (Å²) in [7, 11) is 2.03. The fourth-order valence-electron chi connectivity index (χ4n) is 3.73. The van der Waals surface area contributed by atoms with Crippen LogP contribution in [-0.4, -0.2) is 41.6 Å². The van der Waals surface area contributed by atoms with Crippen molar-refractivity contribution in [2.24, 2.45) is 7.05 Å². The molecule has 0 aliphatic carbocycles. The monoisotopic (exact) mass is 367 g/mol. The highest BCUT2D eigenvalue weighted by molar-refractivity contribution is 6.30. The van der Waals surface area contributed by atoms with Crippen molar-refractivity contribution in [3.05, 3.63) is 65.3 Å². The highest BCUT2D eigenvalue weighted by Gasteiger charge is 2.22. The van der Waals surface area contributed by atoms with Gasteiger partial charge in [0, 0.05) is 61.0 Å². The van der Waals surface area contributed by atoms with Crippen LogP contribution in [0.4, 0.5) is 5.69 Å². The zero-order valence-corrected chi connectivity index (χ0v) is 15.6. The zero-order valence-electron chi connectivity index (χ0n) is 14.9. The molecule has 2 heterocycles. The van der Waals surface area contributed by atoms with Gasteiger partial charge in [-0.25, -0.2) is 0 Å². The average Bonchev–Trinajstić information content (AvgIpc) is 2.98. The molecule has 26 heavy (non-hydrogen) atoms. The summed E-state index contributed by atoms with van der Waals surface area (Å²) in [4.78, 5) is 17.1. The fraction of sp³-hybridized carbons (Fsp3) is 0.286. The van der Waals surface area contributed by atoms with Crippen molar-refractivity contribution in [1.29, 1.82) is 0 Å². The molecular weight excluding hydrogens is 346 g/mol. The van der Waals surface area contributed by atoms with Crippen molar-refractivity contribution in [3.63, 3.8) is 0 Å². The number of amides is 1. The molecule has 1 saturated heterocycles. The van der Waals surface area contributed by atoms with Crippen LogP contribution >= 0.6 is 11.6 Å². The fourth-order valence-corrected chi connectivity index (χ4v) is 3.91. The number of piperazine rings is 1. The van der Waals surface area contributed by atoms with E-state index < -0.39 is 0 Å². The molecule has 1 aliphatic heterocycles. The van der Waals surface area contributed by atoms with Crippen LogP contribution in [0.1, 0.15) is 5.56 Å². The molecule has 134 valence electrons. The number of para-hydroxylation sites is 1. The molecule has 0 saturated carbocycles. The predicted octanol–water partition coefficient (Wildman–Crippen LogP) is 3.72. The Morgan fingerprint density at radius 1 is 1.04 bits per heavy atom. The van der Waals surface area contributed by atoms with Gasteiger partial charge in [-0.1, -0.05) is 35.9 Å². The summed E-state index contributed by atoms with van der Waals surface area (Å²) in [6.07, 6.45) is 2.53. The number of halogens is 1. The second-order valence-corrected chi connectivity index (χ2v) is 7.24. The van der Waals surface area contributed by atoms with Crippen molar-refractivity contribution in [3.8, 4) is 0 Å². The quantitative estimate of drug-likeness (QED) is 0.705. The molecule has 0 atom stereocenters. The Morgan fingerprint density at radius 2 is 1.81 bits per heavy atom. The van der Waals surface area contributed by atoms with Crippen molar-refractivity contribution < 1.29 is 4.79 Å². The Bertz CT molecular complexity index is 941. The van der Waals surface area contributed by atoms with Crippen molar-refractivity contribution in [2.45, 2.75) is 6.42 Å². The molecule has 2 aromatic carbocycles.